The highest BCUT2D eigenvalue weighted by Gasteiger charge is 2.24. The Kier molecular flexibility index (Phi) is 5.73. The summed E-state index contributed by atoms with van der Waals surface area (Å²) in [6.07, 6.45) is 1.60. The van der Waals surface area contributed by atoms with E-state index in [1.807, 2.05) is 13.8 Å². The molecule has 0 spiro atoms. The standard InChI is InChI=1S/C10H11N3O2S2.C7H8O3S/c1-7-2-3-10(16-7)17(14,15)13-6-8-4-11-5-9(8)12-13;1-6-2-4-7(5-3-6)11(8,9)10/h2-3,6,11H,4-5H2,1H3;2-5H,1H3,(H,8,9,10). The first-order chi connectivity index (χ1) is 13.1. The van der Waals surface area contributed by atoms with Crippen LogP contribution in [0.25, 0.3) is 0 Å². The molecule has 28 heavy (non-hydrogen) atoms. The molecular weight excluding hydrogens is 422 g/mol. The molecular formula is C17H19N3O5S3. The van der Waals surface area contributed by atoms with Crippen molar-refractivity contribution in [1.82, 2.24) is 14.5 Å². The number of benzene rings is 1. The zero-order valence-corrected chi connectivity index (χ0v) is 17.6. The van der Waals surface area contributed by atoms with E-state index < -0.39 is 20.1 Å². The van der Waals surface area contributed by atoms with E-state index in [-0.39, 0.29) is 4.90 Å². The van der Waals surface area contributed by atoms with Crippen molar-refractivity contribution in [2.45, 2.75) is 36.0 Å². The molecule has 0 radical (unpaired) electrons. The molecule has 0 saturated heterocycles. The Labute approximate surface area is 167 Å². The van der Waals surface area contributed by atoms with Crippen molar-refractivity contribution in [2.24, 2.45) is 0 Å². The fraction of sp³-hybridized carbons (Fsp3) is 0.235. The third-order valence-electron chi connectivity index (χ3n) is 4.00. The molecule has 0 amide bonds. The van der Waals surface area contributed by atoms with Crippen molar-refractivity contribution in [3.8, 4) is 0 Å². The van der Waals surface area contributed by atoms with E-state index in [4.69, 9.17) is 4.55 Å². The number of thiophene rings is 1. The fourth-order valence-corrected chi connectivity index (χ4v) is 5.52. The lowest BCUT2D eigenvalue weighted by atomic mass is 10.2. The van der Waals surface area contributed by atoms with Crippen LogP contribution in [-0.4, -0.2) is 30.6 Å². The Morgan fingerprint density at radius 3 is 2.25 bits per heavy atom. The van der Waals surface area contributed by atoms with Gasteiger partial charge < -0.3 is 5.32 Å². The maximum absolute atomic E-state index is 12.2. The first kappa shape index (κ1) is 20.7. The summed E-state index contributed by atoms with van der Waals surface area (Å²) < 4.78 is 55.5. The summed E-state index contributed by atoms with van der Waals surface area (Å²) in [7, 11) is -7.52. The SMILES string of the molecule is Cc1ccc(S(=O)(=O)O)cc1.Cc1ccc(S(=O)(=O)n2cc3c(n2)CNC3)s1. The van der Waals surface area contributed by atoms with E-state index in [1.165, 1.54) is 23.5 Å². The number of aryl methyl sites for hydroxylation is 2. The molecule has 1 aliphatic rings. The predicted octanol–water partition coefficient (Wildman–Crippen LogP) is 2.33. The minimum atomic E-state index is -4.02. The van der Waals surface area contributed by atoms with Crippen LogP contribution >= 0.6 is 11.3 Å². The van der Waals surface area contributed by atoms with Crippen LogP contribution in [0, 0.1) is 13.8 Å². The van der Waals surface area contributed by atoms with Gasteiger partial charge in [0.25, 0.3) is 20.1 Å². The molecule has 8 nitrogen and oxygen atoms in total. The van der Waals surface area contributed by atoms with Crippen LogP contribution in [0.4, 0.5) is 0 Å². The van der Waals surface area contributed by atoms with Crippen LogP contribution in [0.2, 0.25) is 0 Å². The quantitative estimate of drug-likeness (QED) is 0.599. The topological polar surface area (TPSA) is 118 Å². The molecule has 1 aromatic carbocycles. The Morgan fingerprint density at radius 2 is 1.71 bits per heavy atom. The number of fused-ring (bicyclic) bond motifs is 1. The number of aromatic nitrogens is 2. The monoisotopic (exact) mass is 441 g/mol. The smallest absolute Gasteiger partial charge is 0.294 e. The molecule has 4 rings (SSSR count). The largest absolute Gasteiger partial charge is 0.307 e. The van der Waals surface area contributed by atoms with Crippen molar-refractivity contribution in [1.29, 1.82) is 0 Å². The number of rotatable bonds is 3. The number of nitrogens with zero attached hydrogens (tertiary/aromatic N) is 2. The summed E-state index contributed by atoms with van der Waals surface area (Å²) in [6.45, 7) is 5.06. The van der Waals surface area contributed by atoms with E-state index in [0.29, 0.717) is 17.3 Å². The van der Waals surface area contributed by atoms with Gasteiger partial charge in [0, 0.05) is 29.7 Å². The average Bonchev–Trinajstić information content (AvgIpc) is 3.30. The third kappa shape index (κ3) is 4.50. The zero-order valence-electron chi connectivity index (χ0n) is 15.2. The molecule has 0 unspecified atom stereocenters. The summed E-state index contributed by atoms with van der Waals surface area (Å²) in [5, 5.41) is 7.24. The lowest BCUT2D eigenvalue weighted by Crippen LogP contribution is -2.14. The summed E-state index contributed by atoms with van der Waals surface area (Å²) in [4.78, 5) is 0.910. The molecule has 1 aliphatic heterocycles. The van der Waals surface area contributed by atoms with Crippen molar-refractivity contribution < 1.29 is 21.4 Å². The summed E-state index contributed by atoms with van der Waals surface area (Å²) in [6, 6.07) is 9.41. The van der Waals surface area contributed by atoms with Gasteiger partial charge in [-0.25, -0.2) is 0 Å². The van der Waals surface area contributed by atoms with Crippen LogP contribution in [-0.2, 0) is 33.2 Å². The van der Waals surface area contributed by atoms with Crippen LogP contribution in [0.15, 0.2) is 51.7 Å². The maximum atomic E-state index is 12.2. The van der Waals surface area contributed by atoms with E-state index in [2.05, 4.69) is 10.4 Å². The Morgan fingerprint density at radius 1 is 1.04 bits per heavy atom. The molecule has 0 atom stereocenters. The maximum Gasteiger partial charge on any atom is 0.294 e. The first-order valence-corrected chi connectivity index (χ1v) is 11.9. The third-order valence-corrected chi connectivity index (χ3v) is 7.87. The van der Waals surface area contributed by atoms with Crippen LogP contribution in [0.1, 0.15) is 21.7 Å². The predicted molar refractivity (Wildman–Crippen MR) is 105 cm³/mol. The van der Waals surface area contributed by atoms with Crippen molar-refractivity contribution >= 4 is 31.5 Å². The second kappa shape index (κ2) is 7.76. The molecule has 0 aliphatic carbocycles. The summed E-state index contributed by atoms with van der Waals surface area (Å²) in [5.41, 5.74) is 2.74. The van der Waals surface area contributed by atoms with Gasteiger partial charge in [0.2, 0.25) is 0 Å². The highest BCUT2D eigenvalue weighted by Crippen LogP contribution is 2.24. The van der Waals surface area contributed by atoms with E-state index in [9.17, 15) is 16.8 Å². The second-order valence-corrected chi connectivity index (χ2v) is 11.0. The zero-order chi connectivity index (χ0) is 20.5. The Hall–Kier alpha value is -2.05. The molecule has 0 bridgehead atoms. The van der Waals surface area contributed by atoms with E-state index in [0.717, 1.165) is 25.8 Å². The normalized spacial score (nSPS) is 13.7. The molecule has 2 aromatic heterocycles. The fourth-order valence-electron chi connectivity index (χ4n) is 2.51. The lowest BCUT2D eigenvalue weighted by molar-refractivity contribution is 0.483. The highest BCUT2D eigenvalue weighted by atomic mass is 32.2. The number of nitrogens with one attached hydrogen (secondary N) is 1. The molecule has 11 heteroatoms. The summed E-state index contributed by atoms with van der Waals surface area (Å²) >= 11 is 1.27. The minimum absolute atomic E-state index is 0.0666. The van der Waals surface area contributed by atoms with Gasteiger partial charge in [0.1, 0.15) is 4.21 Å². The average molecular weight is 442 g/mol. The Bertz CT molecular complexity index is 1170. The van der Waals surface area contributed by atoms with Crippen LogP contribution < -0.4 is 5.32 Å². The minimum Gasteiger partial charge on any atom is -0.307 e. The Balaban J connectivity index is 0.000000178. The van der Waals surface area contributed by atoms with Gasteiger partial charge in [-0.05, 0) is 38.1 Å². The summed E-state index contributed by atoms with van der Waals surface area (Å²) in [5.74, 6) is 0. The molecule has 0 saturated carbocycles. The molecule has 3 heterocycles. The van der Waals surface area contributed by atoms with Gasteiger partial charge in [-0.2, -0.15) is 26.0 Å². The number of hydrogen-bond acceptors (Lipinski definition) is 7. The van der Waals surface area contributed by atoms with Crippen LogP contribution in [0.5, 0.6) is 0 Å². The van der Waals surface area contributed by atoms with Gasteiger partial charge in [-0.1, -0.05) is 17.7 Å². The van der Waals surface area contributed by atoms with Gasteiger partial charge in [0.05, 0.1) is 10.6 Å². The molecule has 3 aromatic rings. The van der Waals surface area contributed by atoms with Gasteiger partial charge in [-0.15, -0.1) is 11.3 Å². The van der Waals surface area contributed by atoms with E-state index in [1.54, 1.807) is 30.5 Å². The first-order valence-electron chi connectivity index (χ1n) is 8.22. The molecule has 2 N–H and O–H groups in total. The van der Waals surface area contributed by atoms with E-state index >= 15 is 0 Å². The van der Waals surface area contributed by atoms with Crippen molar-refractivity contribution in [3.05, 3.63) is 64.3 Å². The van der Waals surface area contributed by atoms with Gasteiger partial charge >= 0.3 is 0 Å². The number of hydrogen-bond donors (Lipinski definition) is 2. The molecule has 0 fully saturated rings. The second-order valence-electron chi connectivity index (χ2n) is 6.24. The van der Waals surface area contributed by atoms with Gasteiger partial charge in [0.15, 0.2) is 0 Å². The van der Waals surface area contributed by atoms with Crippen molar-refractivity contribution in [3.63, 3.8) is 0 Å². The van der Waals surface area contributed by atoms with Gasteiger partial charge in [-0.3, -0.25) is 4.55 Å². The highest BCUT2D eigenvalue weighted by molar-refractivity contribution is 7.92. The van der Waals surface area contributed by atoms with Crippen LogP contribution in [0.3, 0.4) is 0 Å². The van der Waals surface area contributed by atoms with Crippen molar-refractivity contribution in [2.75, 3.05) is 0 Å². The lowest BCUT2D eigenvalue weighted by Gasteiger charge is -2.01. The molecule has 150 valence electrons.